The third-order valence-electron chi connectivity index (χ3n) is 4.29. The van der Waals surface area contributed by atoms with Crippen LogP contribution < -0.4 is 15.4 Å². The zero-order valence-electron chi connectivity index (χ0n) is 16.2. The van der Waals surface area contributed by atoms with Crippen LogP contribution in [0.1, 0.15) is 31.8 Å². The maximum atomic E-state index is 12.5. The molecule has 0 saturated carbocycles. The second-order valence-corrected chi connectivity index (χ2v) is 6.95. The van der Waals surface area contributed by atoms with Gasteiger partial charge in [-0.25, -0.2) is 4.79 Å². The lowest BCUT2D eigenvalue weighted by Crippen LogP contribution is -2.34. The van der Waals surface area contributed by atoms with Crippen LogP contribution >= 0.6 is 12.2 Å². The van der Waals surface area contributed by atoms with Gasteiger partial charge in [0.05, 0.1) is 5.56 Å². The summed E-state index contributed by atoms with van der Waals surface area (Å²) >= 11 is 5.21. The lowest BCUT2D eigenvalue weighted by molar-refractivity contribution is 0.0696. The topological polar surface area (TPSA) is 87.7 Å². The summed E-state index contributed by atoms with van der Waals surface area (Å²) < 4.78 is 5.75. The highest BCUT2D eigenvalue weighted by atomic mass is 32.1. The predicted octanol–water partition coefficient (Wildman–Crippen LogP) is 4.40. The lowest BCUT2D eigenvalue weighted by atomic mass is 10.1. The summed E-state index contributed by atoms with van der Waals surface area (Å²) in [7, 11) is 0. The van der Waals surface area contributed by atoms with E-state index in [1.807, 2.05) is 30.3 Å². The molecule has 0 atom stereocenters. The van der Waals surface area contributed by atoms with Gasteiger partial charge in [0, 0.05) is 11.3 Å². The Kier molecular flexibility index (Phi) is 6.77. The molecule has 0 aliphatic carbocycles. The number of nitrogens with one attached hydrogen (secondary N) is 2. The fourth-order valence-electron chi connectivity index (χ4n) is 2.73. The molecule has 0 bridgehead atoms. The first-order valence-corrected chi connectivity index (χ1v) is 9.56. The van der Waals surface area contributed by atoms with Crippen molar-refractivity contribution in [3.8, 4) is 5.75 Å². The maximum absolute atomic E-state index is 12.5. The molecule has 0 heterocycles. The number of aryl methyl sites for hydroxylation is 1. The molecular weight excluding hydrogens is 400 g/mol. The van der Waals surface area contributed by atoms with Gasteiger partial charge in [-0.2, -0.15) is 0 Å². The zero-order chi connectivity index (χ0) is 21.5. The second-order valence-electron chi connectivity index (χ2n) is 6.55. The monoisotopic (exact) mass is 420 g/mol. The van der Waals surface area contributed by atoms with Gasteiger partial charge in [-0.3, -0.25) is 10.1 Å². The van der Waals surface area contributed by atoms with Gasteiger partial charge in [0.1, 0.15) is 12.4 Å². The molecule has 0 saturated heterocycles. The van der Waals surface area contributed by atoms with Crippen LogP contribution in [0, 0.1) is 6.92 Å². The number of aromatic carboxylic acids is 1. The lowest BCUT2D eigenvalue weighted by Gasteiger charge is -2.13. The van der Waals surface area contributed by atoms with Crippen molar-refractivity contribution in [2.24, 2.45) is 0 Å². The smallest absolute Gasteiger partial charge is 0.335 e. The second kappa shape index (κ2) is 9.67. The Balaban J connectivity index is 1.60. The summed E-state index contributed by atoms with van der Waals surface area (Å²) in [5.41, 5.74) is 2.93. The number of thiocarbonyl (C=S) groups is 1. The van der Waals surface area contributed by atoms with Crippen molar-refractivity contribution in [3.05, 3.63) is 95.1 Å². The van der Waals surface area contributed by atoms with E-state index >= 15 is 0 Å². The fourth-order valence-corrected chi connectivity index (χ4v) is 2.94. The first-order valence-electron chi connectivity index (χ1n) is 9.15. The molecular formula is C23H20N2O4S. The highest BCUT2D eigenvalue weighted by molar-refractivity contribution is 7.80. The minimum Gasteiger partial charge on any atom is -0.489 e. The molecule has 1 amide bonds. The normalized spacial score (nSPS) is 10.2. The molecule has 6 nitrogen and oxygen atoms in total. The van der Waals surface area contributed by atoms with Crippen molar-refractivity contribution >= 4 is 34.9 Å². The molecule has 152 valence electrons. The van der Waals surface area contributed by atoms with E-state index in [1.54, 1.807) is 37.3 Å². The van der Waals surface area contributed by atoms with Gasteiger partial charge >= 0.3 is 5.97 Å². The quantitative estimate of drug-likeness (QED) is 0.513. The first-order chi connectivity index (χ1) is 14.4. The van der Waals surface area contributed by atoms with Crippen molar-refractivity contribution < 1.29 is 19.4 Å². The van der Waals surface area contributed by atoms with Crippen LogP contribution in [0.2, 0.25) is 0 Å². The molecule has 3 N–H and O–H groups in total. The number of hydrogen-bond acceptors (Lipinski definition) is 4. The highest BCUT2D eigenvalue weighted by Crippen LogP contribution is 2.17. The molecule has 3 aromatic carbocycles. The van der Waals surface area contributed by atoms with Gasteiger partial charge in [0.2, 0.25) is 0 Å². The Bertz CT molecular complexity index is 1080. The number of rotatable bonds is 6. The summed E-state index contributed by atoms with van der Waals surface area (Å²) in [5.74, 6) is -0.808. The van der Waals surface area contributed by atoms with Crippen molar-refractivity contribution in [2.75, 3.05) is 5.32 Å². The summed E-state index contributed by atoms with van der Waals surface area (Å²) in [6.45, 7) is 2.16. The number of carbonyl (C=O) groups excluding carboxylic acids is 1. The Labute approximate surface area is 179 Å². The highest BCUT2D eigenvalue weighted by Gasteiger charge is 2.11. The number of amides is 1. The van der Waals surface area contributed by atoms with Crippen LogP contribution in [-0.2, 0) is 6.61 Å². The van der Waals surface area contributed by atoms with E-state index in [1.165, 1.54) is 12.1 Å². The molecule has 3 aromatic rings. The van der Waals surface area contributed by atoms with E-state index in [0.717, 1.165) is 5.56 Å². The summed E-state index contributed by atoms with van der Waals surface area (Å²) in [4.78, 5) is 23.6. The number of anilines is 1. The zero-order valence-corrected chi connectivity index (χ0v) is 17.0. The van der Waals surface area contributed by atoms with Crippen LogP contribution in [-0.4, -0.2) is 22.1 Å². The van der Waals surface area contributed by atoms with E-state index in [9.17, 15) is 9.59 Å². The molecule has 0 aliphatic rings. The summed E-state index contributed by atoms with van der Waals surface area (Å²) in [6, 6.07) is 21.2. The third-order valence-corrected chi connectivity index (χ3v) is 4.50. The van der Waals surface area contributed by atoms with Crippen molar-refractivity contribution in [1.82, 2.24) is 5.32 Å². The number of benzene rings is 3. The van der Waals surface area contributed by atoms with Gasteiger partial charge in [-0.1, -0.05) is 36.4 Å². The van der Waals surface area contributed by atoms with E-state index in [0.29, 0.717) is 29.2 Å². The SMILES string of the molecule is Cc1cc(C(=O)O)ccc1NC(=S)NC(=O)c1cccc(OCc2ccccc2)c1. The maximum Gasteiger partial charge on any atom is 0.335 e. The molecule has 3 rings (SSSR count). The van der Waals surface area contributed by atoms with Crippen LogP contribution in [0.25, 0.3) is 0 Å². The molecule has 7 heteroatoms. The third kappa shape index (κ3) is 5.65. The minimum absolute atomic E-state index is 0.113. The Morgan fingerprint density at radius 1 is 0.967 bits per heavy atom. The summed E-state index contributed by atoms with van der Waals surface area (Å²) in [5, 5.41) is 14.7. The Morgan fingerprint density at radius 3 is 2.43 bits per heavy atom. The molecule has 0 radical (unpaired) electrons. The van der Waals surface area contributed by atoms with E-state index < -0.39 is 5.97 Å². The Morgan fingerprint density at radius 2 is 1.73 bits per heavy atom. The minimum atomic E-state index is -1.00. The average Bonchev–Trinajstić information content (AvgIpc) is 2.74. The van der Waals surface area contributed by atoms with Gasteiger partial charge in [0.15, 0.2) is 5.11 Å². The predicted molar refractivity (Wildman–Crippen MR) is 119 cm³/mol. The number of hydrogen-bond donors (Lipinski definition) is 3. The van der Waals surface area contributed by atoms with Gasteiger partial charge in [0.25, 0.3) is 5.91 Å². The fraction of sp³-hybridized carbons (Fsp3) is 0.0870. The average molecular weight is 420 g/mol. The van der Waals surface area contributed by atoms with Crippen molar-refractivity contribution in [1.29, 1.82) is 0 Å². The number of carbonyl (C=O) groups is 2. The van der Waals surface area contributed by atoms with Gasteiger partial charge < -0.3 is 15.2 Å². The molecule has 0 aromatic heterocycles. The number of carboxylic acids is 1. The molecule has 0 spiro atoms. The molecule has 30 heavy (non-hydrogen) atoms. The first kappa shape index (κ1) is 21.0. The molecule has 0 fully saturated rings. The van der Waals surface area contributed by atoms with Crippen molar-refractivity contribution in [2.45, 2.75) is 13.5 Å². The van der Waals surface area contributed by atoms with Crippen LogP contribution in [0.3, 0.4) is 0 Å². The standard InChI is InChI=1S/C23H20N2O4S/c1-15-12-18(22(27)28)10-11-20(15)24-23(30)25-21(26)17-8-5-9-19(13-17)29-14-16-6-3-2-4-7-16/h2-13H,14H2,1H3,(H,27,28)(H2,24,25,26,30). The Hall–Kier alpha value is -3.71. The number of ether oxygens (including phenoxy) is 1. The largest absolute Gasteiger partial charge is 0.489 e. The van der Waals surface area contributed by atoms with E-state index in [-0.39, 0.29) is 16.6 Å². The molecule has 0 unspecified atom stereocenters. The molecule has 0 aliphatic heterocycles. The summed E-state index contributed by atoms with van der Waals surface area (Å²) in [6.07, 6.45) is 0. The van der Waals surface area contributed by atoms with Crippen LogP contribution in [0.15, 0.2) is 72.8 Å². The van der Waals surface area contributed by atoms with Crippen LogP contribution in [0.4, 0.5) is 5.69 Å². The van der Waals surface area contributed by atoms with E-state index in [4.69, 9.17) is 22.1 Å². The van der Waals surface area contributed by atoms with Crippen LogP contribution in [0.5, 0.6) is 5.75 Å². The number of carboxylic acid groups (broad SMARTS) is 1. The van der Waals surface area contributed by atoms with Gasteiger partial charge in [-0.05, 0) is 66.7 Å². The van der Waals surface area contributed by atoms with Gasteiger partial charge in [-0.15, -0.1) is 0 Å². The van der Waals surface area contributed by atoms with Crippen molar-refractivity contribution in [3.63, 3.8) is 0 Å². The van der Waals surface area contributed by atoms with E-state index in [2.05, 4.69) is 10.6 Å².